The molecule has 4 nitrogen and oxygen atoms in total. The molecule has 1 aliphatic rings. The molecule has 2 heterocycles. The van der Waals surface area contributed by atoms with Crippen molar-refractivity contribution >= 4 is 5.95 Å². The van der Waals surface area contributed by atoms with Gasteiger partial charge in [0.05, 0.1) is 6.04 Å². The van der Waals surface area contributed by atoms with Crippen LogP contribution in [0, 0.1) is 6.92 Å². The quantitative estimate of drug-likeness (QED) is 0.880. The van der Waals surface area contributed by atoms with Crippen LogP contribution < -0.4 is 5.32 Å². The lowest BCUT2D eigenvalue weighted by molar-refractivity contribution is 0.475. The molecular formula is C14H18N4. The Hall–Kier alpha value is -1.84. The van der Waals surface area contributed by atoms with E-state index in [9.17, 15) is 0 Å². The fraction of sp³-hybridized carbons (Fsp3) is 0.429. The Labute approximate surface area is 107 Å². The van der Waals surface area contributed by atoms with Gasteiger partial charge in [-0.15, -0.1) is 0 Å². The third-order valence-corrected chi connectivity index (χ3v) is 3.53. The van der Waals surface area contributed by atoms with E-state index in [-0.39, 0.29) is 0 Å². The lowest BCUT2D eigenvalue weighted by Gasteiger charge is -2.25. The first kappa shape index (κ1) is 11.3. The molecule has 0 bridgehead atoms. The lowest BCUT2D eigenvalue weighted by Crippen LogP contribution is -2.25. The second-order valence-electron chi connectivity index (χ2n) is 4.74. The summed E-state index contributed by atoms with van der Waals surface area (Å²) >= 11 is 0. The number of aryl methyl sites for hydroxylation is 2. The number of anilines is 1. The fourth-order valence-corrected chi connectivity index (χ4v) is 2.55. The van der Waals surface area contributed by atoms with E-state index < -0.39 is 0 Å². The molecule has 0 aliphatic carbocycles. The number of rotatable bonds is 2. The molecule has 1 N–H and O–H groups in total. The molecular weight excluding hydrogens is 224 g/mol. The Morgan fingerprint density at radius 2 is 2.22 bits per heavy atom. The summed E-state index contributed by atoms with van der Waals surface area (Å²) in [4.78, 5) is 4.52. The van der Waals surface area contributed by atoms with Gasteiger partial charge in [0.2, 0.25) is 5.95 Å². The van der Waals surface area contributed by atoms with Crippen LogP contribution in [-0.4, -0.2) is 21.3 Å². The maximum absolute atomic E-state index is 4.61. The lowest BCUT2D eigenvalue weighted by atomic mass is 9.98. The summed E-state index contributed by atoms with van der Waals surface area (Å²) in [5.41, 5.74) is 2.68. The maximum atomic E-state index is 4.61. The topological polar surface area (TPSA) is 42.7 Å². The van der Waals surface area contributed by atoms with Gasteiger partial charge in [-0.05, 0) is 24.5 Å². The van der Waals surface area contributed by atoms with Gasteiger partial charge < -0.3 is 5.32 Å². The Kier molecular flexibility index (Phi) is 2.78. The number of hydrogen-bond donors (Lipinski definition) is 1. The molecule has 1 aliphatic heterocycles. The number of nitrogens with one attached hydrogen (secondary N) is 1. The normalized spacial score (nSPS) is 18.2. The smallest absolute Gasteiger partial charge is 0.221 e. The fourth-order valence-electron chi connectivity index (χ4n) is 2.55. The summed E-state index contributed by atoms with van der Waals surface area (Å²) in [5, 5.41) is 7.94. The molecule has 0 amide bonds. The molecule has 3 rings (SSSR count). The van der Waals surface area contributed by atoms with Gasteiger partial charge in [0, 0.05) is 13.0 Å². The Morgan fingerprint density at radius 1 is 1.39 bits per heavy atom. The van der Waals surface area contributed by atoms with E-state index >= 15 is 0 Å². The summed E-state index contributed by atoms with van der Waals surface area (Å²) < 4.78 is 2.05. The van der Waals surface area contributed by atoms with Crippen LogP contribution in [0.1, 0.15) is 36.3 Å². The summed E-state index contributed by atoms with van der Waals surface area (Å²) in [6.07, 6.45) is 1.94. The van der Waals surface area contributed by atoms with E-state index in [0.29, 0.717) is 6.04 Å². The molecule has 1 aromatic heterocycles. The maximum Gasteiger partial charge on any atom is 0.221 e. The van der Waals surface area contributed by atoms with Crippen molar-refractivity contribution < 1.29 is 0 Å². The van der Waals surface area contributed by atoms with E-state index in [0.717, 1.165) is 31.2 Å². The van der Waals surface area contributed by atoms with Crippen LogP contribution in [0.15, 0.2) is 24.3 Å². The molecule has 0 radical (unpaired) electrons. The summed E-state index contributed by atoms with van der Waals surface area (Å²) in [5.74, 6) is 1.82. The predicted octanol–water partition coefficient (Wildman–Crippen LogP) is 2.55. The zero-order chi connectivity index (χ0) is 12.5. The van der Waals surface area contributed by atoms with Gasteiger partial charge in [0.1, 0.15) is 0 Å². The van der Waals surface area contributed by atoms with Crippen molar-refractivity contribution in [3.63, 3.8) is 0 Å². The first-order valence-corrected chi connectivity index (χ1v) is 6.54. The van der Waals surface area contributed by atoms with Gasteiger partial charge in [-0.1, -0.05) is 31.2 Å². The highest BCUT2D eigenvalue weighted by molar-refractivity contribution is 5.36. The van der Waals surface area contributed by atoms with Crippen LogP contribution in [0.5, 0.6) is 0 Å². The van der Waals surface area contributed by atoms with Crippen LogP contribution in [-0.2, 0) is 6.42 Å². The van der Waals surface area contributed by atoms with Gasteiger partial charge in [-0.3, -0.25) is 0 Å². The second-order valence-corrected chi connectivity index (χ2v) is 4.74. The van der Waals surface area contributed by atoms with Crippen molar-refractivity contribution in [2.75, 3.05) is 11.9 Å². The predicted molar refractivity (Wildman–Crippen MR) is 71.8 cm³/mol. The second kappa shape index (κ2) is 4.44. The third kappa shape index (κ3) is 1.78. The van der Waals surface area contributed by atoms with Crippen molar-refractivity contribution in [1.82, 2.24) is 14.8 Å². The van der Waals surface area contributed by atoms with Gasteiger partial charge in [-0.2, -0.15) is 10.1 Å². The number of fused-ring (bicyclic) bond motifs is 1. The molecule has 0 fully saturated rings. The average Bonchev–Trinajstić information content (AvgIpc) is 2.82. The monoisotopic (exact) mass is 242 g/mol. The largest absolute Gasteiger partial charge is 0.354 e. The molecule has 0 saturated carbocycles. The summed E-state index contributed by atoms with van der Waals surface area (Å²) in [6.45, 7) is 5.21. The van der Waals surface area contributed by atoms with Crippen LogP contribution >= 0.6 is 0 Å². The number of aromatic nitrogens is 3. The van der Waals surface area contributed by atoms with Gasteiger partial charge in [0.15, 0.2) is 5.82 Å². The van der Waals surface area contributed by atoms with Crippen molar-refractivity contribution in [2.24, 2.45) is 0 Å². The highest BCUT2D eigenvalue weighted by atomic mass is 15.4. The molecule has 2 aromatic rings. The van der Waals surface area contributed by atoms with Crippen LogP contribution in [0.3, 0.4) is 0 Å². The van der Waals surface area contributed by atoms with Crippen LogP contribution in [0.2, 0.25) is 0 Å². The molecule has 1 unspecified atom stereocenters. The molecule has 1 atom stereocenters. The van der Waals surface area contributed by atoms with E-state index in [4.69, 9.17) is 0 Å². The minimum absolute atomic E-state index is 0.315. The molecule has 94 valence electrons. The highest BCUT2D eigenvalue weighted by Gasteiger charge is 2.24. The van der Waals surface area contributed by atoms with Crippen molar-refractivity contribution in [3.8, 4) is 0 Å². The number of nitrogens with zero attached hydrogens (tertiary/aromatic N) is 3. The Bertz CT molecular complexity index is 559. The zero-order valence-corrected chi connectivity index (χ0v) is 10.8. The standard InChI is InChI=1S/C14H18N4/c1-3-13-16-14-15-9-8-12(18(14)17-13)11-7-5-4-6-10(11)2/h4-7,12H,3,8-9H2,1-2H3,(H,15,16,17). The molecule has 18 heavy (non-hydrogen) atoms. The molecule has 4 heteroatoms. The van der Waals surface area contributed by atoms with E-state index in [1.54, 1.807) is 0 Å². The van der Waals surface area contributed by atoms with Gasteiger partial charge >= 0.3 is 0 Å². The number of hydrogen-bond acceptors (Lipinski definition) is 3. The van der Waals surface area contributed by atoms with E-state index in [2.05, 4.69) is 53.5 Å². The summed E-state index contributed by atoms with van der Waals surface area (Å²) in [7, 11) is 0. The van der Waals surface area contributed by atoms with Gasteiger partial charge in [-0.25, -0.2) is 4.68 Å². The minimum atomic E-state index is 0.315. The molecule has 0 spiro atoms. The van der Waals surface area contributed by atoms with E-state index in [1.807, 2.05) is 4.68 Å². The van der Waals surface area contributed by atoms with Crippen molar-refractivity contribution in [1.29, 1.82) is 0 Å². The Morgan fingerprint density at radius 3 is 3.00 bits per heavy atom. The minimum Gasteiger partial charge on any atom is -0.354 e. The summed E-state index contributed by atoms with van der Waals surface area (Å²) in [6, 6.07) is 8.86. The SMILES string of the molecule is CCc1nc2n(n1)C(c1ccccc1C)CCN2. The first-order chi connectivity index (χ1) is 8.79. The molecule has 0 saturated heterocycles. The molecule has 1 aromatic carbocycles. The van der Waals surface area contributed by atoms with E-state index in [1.165, 1.54) is 11.1 Å². The van der Waals surface area contributed by atoms with Crippen molar-refractivity contribution in [3.05, 3.63) is 41.2 Å². The first-order valence-electron chi connectivity index (χ1n) is 6.54. The zero-order valence-electron chi connectivity index (χ0n) is 10.8. The van der Waals surface area contributed by atoms with Crippen LogP contribution in [0.25, 0.3) is 0 Å². The third-order valence-electron chi connectivity index (χ3n) is 3.53. The number of benzene rings is 1. The highest BCUT2D eigenvalue weighted by Crippen LogP contribution is 2.30. The van der Waals surface area contributed by atoms with Crippen LogP contribution in [0.4, 0.5) is 5.95 Å². The Balaban J connectivity index is 2.06. The average molecular weight is 242 g/mol. The van der Waals surface area contributed by atoms with Crippen molar-refractivity contribution in [2.45, 2.75) is 32.7 Å². The van der Waals surface area contributed by atoms with Gasteiger partial charge in [0.25, 0.3) is 0 Å².